The highest BCUT2D eigenvalue weighted by Gasteiger charge is 2.11. The minimum Gasteiger partial charge on any atom is -0.385 e. The Hall–Kier alpha value is -2.02. The molecule has 0 spiro atoms. The normalized spacial score (nSPS) is 13.3. The number of carbonyl (C=O) groups is 1. The number of anilines is 1. The third-order valence-electron chi connectivity index (χ3n) is 2.48. The van der Waals surface area contributed by atoms with E-state index in [2.05, 4.69) is 10.6 Å². The van der Waals surface area contributed by atoms with Crippen LogP contribution in [0.1, 0.15) is 22.3 Å². The van der Waals surface area contributed by atoms with Crippen molar-refractivity contribution in [2.75, 3.05) is 11.9 Å². The molecule has 0 aromatic heterocycles. The molecule has 4 heteroatoms. The summed E-state index contributed by atoms with van der Waals surface area (Å²) in [4.78, 5) is 11.4. The van der Waals surface area contributed by atoms with Gasteiger partial charge in [0.05, 0.1) is 0 Å². The van der Waals surface area contributed by atoms with Crippen LogP contribution in [0.5, 0.6) is 0 Å². The van der Waals surface area contributed by atoms with Gasteiger partial charge in [-0.2, -0.15) is 5.26 Å². The van der Waals surface area contributed by atoms with Gasteiger partial charge in [-0.25, -0.2) is 0 Å². The zero-order valence-corrected chi connectivity index (χ0v) is 8.21. The maximum Gasteiger partial charge on any atom is 0.264 e. The quantitative estimate of drug-likeness (QED) is 0.531. The predicted octanol–water partition coefficient (Wildman–Crippen LogP) is 1.26. The van der Waals surface area contributed by atoms with E-state index < -0.39 is 0 Å². The molecule has 0 bridgehead atoms. The van der Waals surface area contributed by atoms with Crippen molar-refractivity contribution in [1.29, 1.82) is 5.26 Å². The lowest BCUT2D eigenvalue weighted by atomic mass is 10.0. The molecular weight excluding hydrogens is 190 g/mol. The van der Waals surface area contributed by atoms with Crippen molar-refractivity contribution in [3.05, 3.63) is 29.3 Å². The molecule has 1 aliphatic heterocycles. The van der Waals surface area contributed by atoms with Gasteiger partial charge in [-0.15, -0.1) is 0 Å². The van der Waals surface area contributed by atoms with E-state index in [1.165, 1.54) is 0 Å². The van der Waals surface area contributed by atoms with Crippen molar-refractivity contribution in [2.24, 2.45) is 0 Å². The van der Waals surface area contributed by atoms with Gasteiger partial charge in [-0.3, -0.25) is 10.1 Å². The van der Waals surface area contributed by atoms with Gasteiger partial charge < -0.3 is 5.32 Å². The predicted molar refractivity (Wildman–Crippen MR) is 56.3 cm³/mol. The molecule has 2 N–H and O–H groups in total. The Morgan fingerprint density at radius 2 is 2.40 bits per heavy atom. The second kappa shape index (κ2) is 4.01. The number of benzene rings is 1. The van der Waals surface area contributed by atoms with Gasteiger partial charge in [0, 0.05) is 17.8 Å². The number of nitrogens with one attached hydrogen (secondary N) is 2. The molecular formula is C11H11N3O. The monoisotopic (exact) mass is 201 g/mol. The van der Waals surface area contributed by atoms with E-state index in [4.69, 9.17) is 5.26 Å². The van der Waals surface area contributed by atoms with Crippen molar-refractivity contribution < 1.29 is 4.79 Å². The molecule has 15 heavy (non-hydrogen) atoms. The number of hydrogen-bond acceptors (Lipinski definition) is 3. The van der Waals surface area contributed by atoms with E-state index >= 15 is 0 Å². The first-order valence-corrected chi connectivity index (χ1v) is 4.87. The average Bonchev–Trinajstić information content (AvgIpc) is 2.29. The highest BCUT2D eigenvalue weighted by molar-refractivity contribution is 5.95. The van der Waals surface area contributed by atoms with Crippen LogP contribution in [0.15, 0.2) is 18.2 Å². The Kier molecular flexibility index (Phi) is 2.55. The van der Waals surface area contributed by atoms with Crippen LogP contribution in [0.3, 0.4) is 0 Å². The first-order valence-electron chi connectivity index (χ1n) is 4.87. The average molecular weight is 201 g/mol. The SMILES string of the molecule is N#CNC(=O)c1ccc2c(c1)CCCN2. The van der Waals surface area contributed by atoms with Crippen LogP contribution in [0.2, 0.25) is 0 Å². The molecule has 0 saturated carbocycles. The lowest BCUT2D eigenvalue weighted by Gasteiger charge is -2.18. The summed E-state index contributed by atoms with van der Waals surface area (Å²) in [6, 6.07) is 5.46. The van der Waals surface area contributed by atoms with E-state index in [9.17, 15) is 4.79 Å². The molecule has 0 aliphatic carbocycles. The van der Waals surface area contributed by atoms with Crippen LogP contribution in [-0.2, 0) is 6.42 Å². The maximum atomic E-state index is 11.4. The first kappa shape index (κ1) is 9.53. The van der Waals surface area contributed by atoms with Crippen LogP contribution in [0.4, 0.5) is 5.69 Å². The van der Waals surface area contributed by atoms with Gasteiger partial charge in [-0.05, 0) is 36.6 Å². The Bertz CT molecular complexity index is 434. The van der Waals surface area contributed by atoms with Gasteiger partial charge in [0.25, 0.3) is 5.91 Å². The first-order chi connectivity index (χ1) is 7.31. The minimum absolute atomic E-state index is 0.342. The van der Waals surface area contributed by atoms with E-state index in [1.807, 2.05) is 12.1 Å². The maximum absolute atomic E-state index is 11.4. The van der Waals surface area contributed by atoms with Gasteiger partial charge >= 0.3 is 0 Å². The molecule has 1 aromatic rings. The summed E-state index contributed by atoms with van der Waals surface area (Å²) in [7, 11) is 0. The summed E-state index contributed by atoms with van der Waals surface area (Å²) in [6.45, 7) is 0.983. The number of hydrogen-bond donors (Lipinski definition) is 2. The fourth-order valence-corrected chi connectivity index (χ4v) is 1.74. The summed E-state index contributed by atoms with van der Waals surface area (Å²) in [6.07, 6.45) is 3.69. The molecule has 4 nitrogen and oxygen atoms in total. The molecule has 2 rings (SSSR count). The third kappa shape index (κ3) is 1.91. The fourth-order valence-electron chi connectivity index (χ4n) is 1.74. The van der Waals surface area contributed by atoms with Crippen LogP contribution >= 0.6 is 0 Å². The van der Waals surface area contributed by atoms with Gasteiger partial charge in [-0.1, -0.05) is 0 Å². The molecule has 76 valence electrons. The molecule has 1 amide bonds. The zero-order valence-electron chi connectivity index (χ0n) is 8.21. The number of aryl methyl sites for hydroxylation is 1. The molecule has 0 saturated heterocycles. The number of rotatable bonds is 1. The number of nitrogens with zero attached hydrogens (tertiary/aromatic N) is 1. The largest absolute Gasteiger partial charge is 0.385 e. The lowest BCUT2D eigenvalue weighted by molar-refractivity contribution is 0.0973. The summed E-state index contributed by atoms with van der Waals surface area (Å²) < 4.78 is 0. The smallest absolute Gasteiger partial charge is 0.264 e. The molecule has 0 radical (unpaired) electrons. The summed E-state index contributed by atoms with van der Waals surface area (Å²) in [5.74, 6) is -0.342. The highest BCUT2D eigenvalue weighted by atomic mass is 16.1. The molecule has 1 heterocycles. The molecule has 0 atom stereocenters. The lowest BCUT2D eigenvalue weighted by Crippen LogP contribution is -2.18. The van der Waals surface area contributed by atoms with Gasteiger partial charge in [0.15, 0.2) is 6.19 Å². The zero-order chi connectivity index (χ0) is 10.7. The highest BCUT2D eigenvalue weighted by Crippen LogP contribution is 2.22. The van der Waals surface area contributed by atoms with Crippen LogP contribution in [0.25, 0.3) is 0 Å². The van der Waals surface area contributed by atoms with E-state index in [-0.39, 0.29) is 5.91 Å². The van der Waals surface area contributed by atoms with Crippen molar-refractivity contribution in [3.8, 4) is 6.19 Å². The second-order valence-corrected chi connectivity index (χ2v) is 3.47. The Balaban J connectivity index is 2.28. The molecule has 1 aromatic carbocycles. The Morgan fingerprint density at radius 3 is 3.20 bits per heavy atom. The van der Waals surface area contributed by atoms with Crippen LogP contribution in [-0.4, -0.2) is 12.5 Å². The molecule has 0 unspecified atom stereocenters. The minimum atomic E-state index is -0.342. The summed E-state index contributed by atoms with van der Waals surface area (Å²) >= 11 is 0. The van der Waals surface area contributed by atoms with E-state index in [1.54, 1.807) is 12.3 Å². The topological polar surface area (TPSA) is 64.9 Å². The van der Waals surface area contributed by atoms with Crippen molar-refractivity contribution in [3.63, 3.8) is 0 Å². The van der Waals surface area contributed by atoms with Crippen molar-refractivity contribution in [1.82, 2.24) is 5.32 Å². The van der Waals surface area contributed by atoms with E-state index in [0.717, 1.165) is 30.6 Å². The summed E-state index contributed by atoms with van der Waals surface area (Å²) in [5, 5.41) is 13.7. The van der Waals surface area contributed by atoms with E-state index in [0.29, 0.717) is 5.56 Å². The summed E-state index contributed by atoms with van der Waals surface area (Å²) in [5.41, 5.74) is 2.78. The van der Waals surface area contributed by atoms with Crippen LogP contribution in [0, 0.1) is 11.5 Å². The second-order valence-electron chi connectivity index (χ2n) is 3.47. The standard InChI is InChI=1S/C11H11N3O/c12-7-14-11(15)9-3-4-10-8(6-9)2-1-5-13-10/h3-4,6,13H,1-2,5H2,(H,14,15). The number of fused-ring (bicyclic) bond motifs is 1. The van der Waals surface area contributed by atoms with Crippen LogP contribution < -0.4 is 10.6 Å². The van der Waals surface area contributed by atoms with Crippen molar-refractivity contribution >= 4 is 11.6 Å². The number of amides is 1. The van der Waals surface area contributed by atoms with Crippen molar-refractivity contribution in [2.45, 2.75) is 12.8 Å². The van der Waals surface area contributed by atoms with Gasteiger partial charge in [0.2, 0.25) is 0 Å². The molecule has 1 aliphatic rings. The third-order valence-corrected chi connectivity index (χ3v) is 2.48. The van der Waals surface area contributed by atoms with Gasteiger partial charge in [0.1, 0.15) is 0 Å². The number of nitriles is 1. The fraction of sp³-hybridized carbons (Fsp3) is 0.273. The molecule has 0 fully saturated rings. The Labute approximate surface area is 87.9 Å². The Morgan fingerprint density at radius 1 is 1.53 bits per heavy atom. The number of carbonyl (C=O) groups excluding carboxylic acids is 1.